The van der Waals surface area contributed by atoms with E-state index < -0.39 is 0 Å². The van der Waals surface area contributed by atoms with Gasteiger partial charge in [-0.2, -0.15) is 5.10 Å². The molecular weight excluding hydrogens is 278 g/mol. The Morgan fingerprint density at radius 2 is 2.18 bits per heavy atom. The van der Waals surface area contributed by atoms with Gasteiger partial charge in [0.1, 0.15) is 0 Å². The fourth-order valence-electron chi connectivity index (χ4n) is 3.15. The fraction of sp³-hybridized carbons (Fsp3) is 0.412. The van der Waals surface area contributed by atoms with Gasteiger partial charge in [0.15, 0.2) is 0 Å². The zero-order chi connectivity index (χ0) is 15.4. The number of carbonyl (C=O) groups is 1. The van der Waals surface area contributed by atoms with Gasteiger partial charge >= 0.3 is 0 Å². The largest absolute Gasteiger partial charge is 0.396 e. The maximum absolute atomic E-state index is 12.0. The predicted molar refractivity (Wildman–Crippen MR) is 84.3 cm³/mol. The van der Waals surface area contributed by atoms with E-state index in [0.717, 1.165) is 36.2 Å². The number of rotatable bonds is 4. The number of carbonyl (C=O) groups excluding carboxylic acids is 1. The van der Waals surface area contributed by atoms with E-state index in [0.29, 0.717) is 6.54 Å². The first-order chi connectivity index (χ1) is 10.8. The molecule has 0 radical (unpaired) electrons. The summed E-state index contributed by atoms with van der Waals surface area (Å²) >= 11 is 0. The van der Waals surface area contributed by atoms with Crippen molar-refractivity contribution in [2.24, 2.45) is 0 Å². The topological polar surface area (TPSA) is 69.2 Å². The molecule has 5 nitrogen and oxygen atoms in total. The molecule has 0 spiro atoms. The Hall–Kier alpha value is -2.14. The zero-order valence-electron chi connectivity index (χ0n) is 12.5. The fourth-order valence-corrected chi connectivity index (χ4v) is 3.15. The lowest BCUT2D eigenvalue weighted by atomic mass is 9.90. The molecule has 116 valence electrons. The Balaban J connectivity index is 1.80. The van der Waals surface area contributed by atoms with Crippen LogP contribution >= 0.6 is 0 Å². The highest BCUT2D eigenvalue weighted by Crippen LogP contribution is 2.32. The van der Waals surface area contributed by atoms with E-state index in [1.165, 1.54) is 0 Å². The van der Waals surface area contributed by atoms with Crippen LogP contribution in [-0.2, 0) is 4.79 Å². The summed E-state index contributed by atoms with van der Waals surface area (Å²) in [5.41, 5.74) is 3.36. The number of nitrogens with one attached hydrogen (secondary N) is 1. The molecule has 1 atom stereocenters. The number of aromatic amines is 1. The normalized spacial score (nSPS) is 18.4. The molecule has 0 aliphatic carbocycles. The van der Waals surface area contributed by atoms with Gasteiger partial charge in [0, 0.05) is 36.7 Å². The van der Waals surface area contributed by atoms with E-state index in [2.05, 4.69) is 22.3 Å². The molecule has 2 N–H and O–H groups in total. The average molecular weight is 299 g/mol. The van der Waals surface area contributed by atoms with E-state index in [1.54, 1.807) is 0 Å². The van der Waals surface area contributed by atoms with Gasteiger partial charge in [-0.05, 0) is 18.4 Å². The summed E-state index contributed by atoms with van der Waals surface area (Å²) in [4.78, 5) is 13.9. The molecule has 0 bridgehead atoms. The average Bonchev–Trinajstić information content (AvgIpc) is 3.06. The van der Waals surface area contributed by atoms with Crippen LogP contribution in [0, 0.1) is 0 Å². The van der Waals surface area contributed by atoms with E-state index in [4.69, 9.17) is 5.11 Å². The molecule has 1 fully saturated rings. The lowest BCUT2D eigenvalue weighted by Gasteiger charge is -2.32. The van der Waals surface area contributed by atoms with Crippen molar-refractivity contribution in [1.29, 1.82) is 0 Å². The summed E-state index contributed by atoms with van der Waals surface area (Å²) < 4.78 is 0. The Morgan fingerprint density at radius 3 is 2.95 bits per heavy atom. The van der Waals surface area contributed by atoms with Crippen molar-refractivity contribution in [2.45, 2.75) is 25.2 Å². The van der Waals surface area contributed by atoms with Gasteiger partial charge in [0.05, 0.1) is 12.8 Å². The Bertz CT molecular complexity index is 624. The van der Waals surface area contributed by atoms with Crippen LogP contribution in [0.4, 0.5) is 0 Å². The molecule has 1 aromatic heterocycles. The van der Waals surface area contributed by atoms with Crippen molar-refractivity contribution in [3.63, 3.8) is 0 Å². The van der Waals surface area contributed by atoms with Crippen LogP contribution < -0.4 is 0 Å². The van der Waals surface area contributed by atoms with Gasteiger partial charge in [-0.15, -0.1) is 0 Å². The third-order valence-electron chi connectivity index (χ3n) is 4.26. The van der Waals surface area contributed by atoms with Crippen LogP contribution in [0.15, 0.2) is 36.5 Å². The van der Waals surface area contributed by atoms with Crippen molar-refractivity contribution < 1.29 is 9.90 Å². The van der Waals surface area contributed by atoms with Crippen molar-refractivity contribution in [2.75, 3.05) is 19.7 Å². The molecule has 0 saturated carbocycles. The molecular formula is C17H21N3O2. The highest BCUT2D eigenvalue weighted by atomic mass is 16.3. The van der Waals surface area contributed by atoms with Gasteiger partial charge in [-0.3, -0.25) is 9.89 Å². The Morgan fingerprint density at radius 1 is 1.36 bits per heavy atom. The first kappa shape index (κ1) is 14.8. The number of H-pyrrole nitrogens is 1. The molecule has 2 heterocycles. The van der Waals surface area contributed by atoms with E-state index in [-0.39, 0.29) is 24.9 Å². The number of likely N-dealkylation sites (tertiary alicyclic amines) is 1. The van der Waals surface area contributed by atoms with Crippen molar-refractivity contribution in [3.8, 4) is 11.1 Å². The molecule has 1 saturated heterocycles. The highest BCUT2D eigenvalue weighted by molar-refractivity contribution is 5.76. The number of aromatic nitrogens is 2. The molecule has 0 unspecified atom stereocenters. The van der Waals surface area contributed by atoms with Gasteiger partial charge in [-0.1, -0.05) is 30.3 Å². The summed E-state index contributed by atoms with van der Waals surface area (Å²) in [5.74, 6) is 0.307. The predicted octanol–water partition coefficient (Wildman–Crippen LogP) is 2.17. The maximum atomic E-state index is 12.0. The summed E-state index contributed by atoms with van der Waals surface area (Å²) in [6.45, 7) is 1.39. The van der Waals surface area contributed by atoms with Gasteiger partial charge < -0.3 is 10.0 Å². The second-order valence-corrected chi connectivity index (χ2v) is 5.72. The summed E-state index contributed by atoms with van der Waals surface area (Å²) in [5, 5.41) is 16.3. The van der Waals surface area contributed by atoms with Crippen LogP contribution in [0.2, 0.25) is 0 Å². The standard InChI is InChI=1S/C17H21N3O2/c21-10-8-16(22)20-9-4-7-14(12-20)17-15(11-18-19-17)13-5-2-1-3-6-13/h1-3,5-6,11,14,21H,4,7-10,12H2,(H,18,19)/t14-/m0/s1. The molecule has 1 aliphatic rings. The Kier molecular flexibility index (Phi) is 4.53. The number of benzene rings is 1. The number of nitrogens with zero attached hydrogens (tertiary/aromatic N) is 2. The third-order valence-corrected chi connectivity index (χ3v) is 4.26. The molecule has 2 aromatic rings. The molecule has 1 aliphatic heterocycles. The quantitative estimate of drug-likeness (QED) is 0.909. The summed E-state index contributed by atoms with van der Waals surface area (Å²) in [7, 11) is 0. The van der Waals surface area contributed by atoms with Gasteiger partial charge in [-0.25, -0.2) is 0 Å². The lowest BCUT2D eigenvalue weighted by molar-refractivity contribution is -0.133. The second kappa shape index (κ2) is 6.75. The SMILES string of the molecule is O=C(CCO)N1CCC[C@H](c2[nH]ncc2-c2ccccc2)C1. The van der Waals surface area contributed by atoms with Crippen molar-refractivity contribution in [1.82, 2.24) is 15.1 Å². The lowest BCUT2D eigenvalue weighted by Crippen LogP contribution is -2.39. The smallest absolute Gasteiger partial charge is 0.224 e. The molecule has 1 amide bonds. The minimum atomic E-state index is -0.0840. The number of amides is 1. The number of hydrogen-bond acceptors (Lipinski definition) is 3. The number of aliphatic hydroxyl groups is 1. The molecule has 1 aromatic carbocycles. The molecule has 5 heteroatoms. The zero-order valence-corrected chi connectivity index (χ0v) is 12.5. The van der Waals surface area contributed by atoms with Crippen LogP contribution in [0.3, 0.4) is 0 Å². The molecule has 3 rings (SSSR count). The minimum Gasteiger partial charge on any atom is -0.396 e. The monoisotopic (exact) mass is 299 g/mol. The highest BCUT2D eigenvalue weighted by Gasteiger charge is 2.27. The number of hydrogen-bond donors (Lipinski definition) is 2. The third kappa shape index (κ3) is 3.04. The molecule has 22 heavy (non-hydrogen) atoms. The van der Waals surface area contributed by atoms with E-state index in [1.807, 2.05) is 29.3 Å². The number of piperidine rings is 1. The van der Waals surface area contributed by atoms with Crippen LogP contribution in [-0.4, -0.2) is 45.8 Å². The second-order valence-electron chi connectivity index (χ2n) is 5.72. The van der Waals surface area contributed by atoms with Crippen LogP contribution in [0.1, 0.15) is 30.9 Å². The first-order valence-electron chi connectivity index (χ1n) is 7.77. The van der Waals surface area contributed by atoms with Crippen molar-refractivity contribution >= 4 is 5.91 Å². The van der Waals surface area contributed by atoms with Gasteiger partial charge in [0.25, 0.3) is 0 Å². The van der Waals surface area contributed by atoms with E-state index >= 15 is 0 Å². The maximum Gasteiger partial charge on any atom is 0.224 e. The summed E-state index contributed by atoms with van der Waals surface area (Å²) in [6, 6.07) is 10.2. The van der Waals surface area contributed by atoms with Crippen LogP contribution in [0.5, 0.6) is 0 Å². The van der Waals surface area contributed by atoms with Crippen molar-refractivity contribution in [3.05, 3.63) is 42.2 Å². The minimum absolute atomic E-state index is 0.0352. The summed E-state index contributed by atoms with van der Waals surface area (Å²) in [6.07, 6.45) is 4.10. The number of aliphatic hydroxyl groups excluding tert-OH is 1. The van der Waals surface area contributed by atoms with Crippen LogP contribution in [0.25, 0.3) is 11.1 Å². The Labute approximate surface area is 130 Å². The van der Waals surface area contributed by atoms with E-state index in [9.17, 15) is 4.79 Å². The first-order valence-corrected chi connectivity index (χ1v) is 7.77. The van der Waals surface area contributed by atoms with Gasteiger partial charge in [0.2, 0.25) is 5.91 Å².